The van der Waals surface area contributed by atoms with Gasteiger partial charge in [0.05, 0.1) is 16.8 Å². The van der Waals surface area contributed by atoms with Gasteiger partial charge in [-0.1, -0.05) is 0 Å². The van der Waals surface area contributed by atoms with E-state index in [-0.39, 0.29) is 12.0 Å². The molecule has 0 aliphatic carbocycles. The molecule has 1 atom stereocenters. The van der Waals surface area contributed by atoms with Gasteiger partial charge in [0.15, 0.2) is 0 Å². The first-order valence-corrected chi connectivity index (χ1v) is 9.78. The van der Waals surface area contributed by atoms with E-state index in [4.69, 9.17) is 14.0 Å². The lowest BCUT2D eigenvalue weighted by atomic mass is 9.82. The van der Waals surface area contributed by atoms with E-state index >= 15 is 0 Å². The van der Waals surface area contributed by atoms with E-state index in [1.165, 1.54) is 6.07 Å². The van der Waals surface area contributed by atoms with Crippen molar-refractivity contribution < 1.29 is 23.2 Å². The SMILES string of the molecule is CC(C)(C)OC(=O)N1CCC(c2cc(F)nc(B3OC(C)(C)C(C)(C)O3)c2)C1. The fourth-order valence-electron chi connectivity index (χ4n) is 3.38. The molecule has 0 aromatic carbocycles. The highest BCUT2D eigenvalue weighted by molar-refractivity contribution is 6.61. The third-order valence-corrected chi connectivity index (χ3v) is 5.64. The lowest BCUT2D eigenvalue weighted by Gasteiger charge is -2.32. The average Bonchev–Trinajstić information content (AvgIpc) is 3.08. The maximum absolute atomic E-state index is 14.3. The van der Waals surface area contributed by atoms with Gasteiger partial charge in [-0.05, 0) is 72.6 Å². The predicted molar refractivity (Wildman–Crippen MR) is 105 cm³/mol. The molecule has 6 nitrogen and oxygen atoms in total. The van der Waals surface area contributed by atoms with Gasteiger partial charge in [-0.3, -0.25) is 0 Å². The molecule has 1 aromatic heterocycles. The zero-order valence-electron chi connectivity index (χ0n) is 17.8. The van der Waals surface area contributed by atoms with Crippen LogP contribution in [-0.4, -0.2) is 53.0 Å². The maximum Gasteiger partial charge on any atom is 0.514 e. The first-order chi connectivity index (χ1) is 12.8. The first-order valence-electron chi connectivity index (χ1n) is 9.78. The summed E-state index contributed by atoms with van der Waals surface area (Å²) in [5.41, 5.74) is -0.367. The van der Waals surface area contributed by atoms with Crippen molar-refractivity contribution in [1.29, 1.82) is 0 Å². The van der Waals surface area contributed by atoms with Crippen molar-refractivity contribution in [2.45, 2.75) is 77.6 Å². The van der Waals surface area contributed by atoms with Gasteiger partial charge in [-0.25, -0.2) is 9.78 Å². The van der Waals surface area contributed by atoms with E-state index in [9.17, 15) is 9.18 Å². The lowest BCUT2D eigenvalue weighted by Crippen LogP contribution is -2.41. The minimum atomic E-state index is -0.720. The molecular weight excluding hydrogens is 362 g/mol. The number of ether oxygens (including phenoxy) is 1. The molecule has 154 valence electrons. The summed E-state index contributed by atoms with van der Waals surface area (Å²) in [5, 5.41) is 0. The number of halogens is 1. The van der Waals surface area contributed by atoms with Crippen molar-refractivity contribution in [3.8, 4) is 0 Å². The standard InChI is InChI=1S/C20H30BFN2O4/c1-18(2,3)26-17(25)24-9-8-13(12-24)14-10-15(23-16(22)11-14)21-27-19(4,5)20(6,7)28-21/h10-11,13H,8-9,12H2,1-7H3. The Morgan fingerprint density at radius 2 is 1.86 bits per heavy atom. The number of hydrogen-bond acceptors (Lipinski definition) is 5. The lowest BCUT2D eigenvalue weighted by molar-refractivity contribution is 0.00578. The molecule has 8 heteroatoms. The Morgan fingerprint density at radius 3 is 2.43 bits per heavy atom. The maximum atomic E-state index is 14.3. The Morgan fingerprint density at radius 1 is 1.25 bits per heavy atom. The second-order valence-corrected chi connectivity index (χ2v) is 9.65. The molecule has 0 bridgehead atoms. The minimum absolute atomic E-state index is 0.0196. The monoisotopic (exact) mass is 392 g/mol. The van der Waals surface area contributed by atoms with Crippen LogP contribution in [0.25, 0.3) is 0 Å². The highest BCUT2D eigenvalue weighted by Crippen LogP contribution is 2.36. The van der Waals surface area contributed by atoms with Gasteiger partial charge in [0.2, 0.25) is 5.95 Å². The largest absolute Gasteiger partial charge is 0.514 e. The molecule has 2 saturated heterocycles. The fraction of sp³-hybridized carbons (Fsp3) is 0.700. The number of pyridine rings is 1. The third kappa shape index (κ3) is 4.33. The summed E-state index contributed by atoms with van der Waals surface area (Å²) in [4.78, 5) is 18.0. The number of likely N-dealkylation sites (tertiary alicyclic amines) is 1. The van der Waals surface area contributed by atoms with E-state index in [1.807, 2.05) is 54.5 Å². The summed E-state index contributed by atoms with van der Waals surface area (Å²) in [6.45, 7) is 14.4. The second-order valence-electron chi connectivity index (χ2n) is 9.65. The number of aromatic nitrogens is 1. The number of carbonyl (C=O) groups excluding carboxylic acids is 1. The Kier molecular flexibility index (Phi) is 5.25. The van der Waals surface area contributed by atoms with E-state index in [1.54, 1.807) is 4.90 Å². The zero-order valence-corrected chi connectivity index (χ0v) is 17.8. The summed E-state index contributed by atoms with van der Waals surface area (Å²) >= 11 is 0. The van der Waals surface area contributed by atoms with Gasteiger partial charge >= 0.3 is 13.2 Å². The summed E-state index contributed by atoms with van der Waals surface area (Å²) in [6.07, 6.45) is 0.404. The Labute approximate surface area is 166 Å². The fourth-order valence-corrected chi connectivity index (χ4v) is 3.38. The van der Waals surface area contributed by atoms with E-state index in [0.717, 1.165) is 12.0 Å². The van der Waals surface area contributed by atoms with E-state index in [0.29, 0.717) is 18.7 Å². The van der Waals surface area contributed by atoms with Gasteiger partial charge in [0.25, 0.3) is 0 Å². The predicted octanol–water partition coefficient (Wildman–Crippen LogP) is 3.24. The zero-order chi connectivity index (χ0) is 20.9. The molecule has 1 aromatic rings. The topological polar surface area (TPSA) is 60.9 Å². The minimum Gasteiger partial charge on any atom is -0.444 e. The van der Waals surface area contributed by atoms with Gasteiger partial charge in [0.1, 0.15) is 5.60 Å². The molecule has 28 heavy (non-hydrogen) atoms. The van der Waals surface area contributed by atoms with Crippen LogP contribution in [0.5, 0.6) is 0 Å². The molecule has 0 radical (unpaired) electrons. The van der Waals surface area contributed by atoms with Gasteiger partial charge in [-0.15, -0.1) is 0 Å². The Bertz CT molecular complexity index is 747. The van der Waals surface area contributed by atoms with E-state index in [2.05, 4.69) is 4.98 Å². The van der Waals surface area contributed by atoms with Gasteiger partial charge in [0, 0.05) is 19.0 Å². The van der Waals surface area contributed by atoms with Gasteiger partial charge < -0.3 is 18.9 Å². The van der Waals surface area contributed by atoms with Crippen LogP contribution in [0.3, 0.4) is 0 Å². The van der Waals surface area contributed by atoms with Crippen molar-refractivity contribution in [3.63, 3.8) is 0 Å². The van der Waals surface area contributed by atoms with Gasteiger partial charge in [-0.2, -0.15) is 4.39 Å². The first kappa shape index (κ1) is 21.1. The number of amides is 1. The highest BCUT2D eigenvalue weighted by Gasteiger charge is 2.52. The van der Waals surface area contributed by atoms with Crippen LogP contribution in [0.2, 0.25) is 0 Å². The highest BCUT2D eigenvalue weighted by atomic mass is 19.1. The second kappa shape index (κ2) is 6.99. The van der Waals surface area contributed by atoms with E-state index < -0.39 is 29.9 Å². The molecule has 2 aliphatic rings. The van der Waals surface area contributed by atoms with Crippen molar-refractivity contribution in [3.05, 3.63) is 23.6 Å². The number of carbonyl (C=O) groups is 1. The smallest absolute Gasteiger partial charge is 0.444 e. The van der Waals surface area contributed by atoms with Crippen LogP contribution in [0.1, 0.15) is 66.4 Å². The Balaban J connectivity index is 1.75. The normalized spacial score (nSPS) is 23.9. The van der Waals surface area contributed by atoms with Crippen molar-refractivity contribution in [2.75, 3.05) is 13.1 Å². The molecule has 2 aliphatic heterocycles. The van der Waals surface area contributed by atoms with Crippen LogP contribution < -0.4 is 5.59 Å². The molecule has 3 heterocycles. The molecule has 2 fully saturated rings. The molecule has 1 unspecified atom stereocenters. The summed E-state index contributed by atoms with van der Waals surface area (Å²) < 4.78 is 31.7. The Hall–Kier alpha value is -1.67. The average molecular weight is 392 g/mol. The quantitative estimate of drug-likeness (QED) is 0.571. The molecule has 1 amide bonds. The summed E-state index contributed by atoms with van der Waals surface area (Å²) in [7, 11) is -0.720. The number of hydrogen-bond donors (Lipinski definition) is 0. The van der Waals surface area contributed by atoms with Crippen molar-refractivity contribution >= 4 is 18.8 Å². The summed E-state index contributed by atoms with van der Waals surface area (Å²) in [5.74, 6) is -0.552. The van der Waals surface area contributed by atoms with Crippen molar-refractivity contribution in [1.82, 2.24) is 9.88 Å². The molecule has 0 N–H and O–H groups in total. The number of rotatable bonds is 2. The third-order valence-electron chi connectivity index (χ3n) is 5.64. The van der Waals surface area contributed by atoms with Crippen LogP contribution in [-0.2, 0) is 14.0 Å². The van der Waals surface area contributed by atoms with Crippen LogP contribution in [0.4, 0.5) is 9.18 Å². The van der Waals surface area contributed by atoms with Crippen LogP contribution in [0, 0.1) is 5.95 Å². The molecule has 3 rings (SSSR count). The number of nitrogens with zero attached hydrogens (tertiary/aromatic N) is 2. The van der Waals surface area contributed by atoms with Crippen molar-refractivity contribution in [2.24, 2.45) is 0 Å². The molecule has 0 spiro atoms. The molecular formula is C20H30BFN2O4. The molecule has 0 saturated carbocycles. The van der Waals surface area contributed by atoms with Crippen LogP contribution in [0.15, 0.2) is 12.1 Å². The summed E-state index contributed by atoms with van der Waals surface area (Å²) in [6, 6.07) is 3.26. The van der Waals surface area contributed by atoms with Crippen LogP contribution >= 0.6 is 0 Å².